The van der Waals surface area contributed by atoms with Crippen molar-refractivity contribution in [2.75, 3.05) is 6.54 Å². The van der Waals surface area contributed by atoms with Gasteiger partial charge in [0.1, 0.15) is 0 Å². The van der Waals surface area contributed by atoms with E-state index in [1.807, 2.05) is 12.1 Å². The molecule has 0 fully saturated rings. The molecule has 0 saturated carbocycles. The Balaban J connectivity index is 2.30. The van der Waals surface area contributed by atoms with Crippen molar-refractivity contribution < 1.29 is 0 Å². The molecular weight excluding hydrogens is 254 g/mol. The monoisotopic (exact) mass is 273 g/mol. The molecular formula is C17H20ClN. The maximum atomic E-state index is 6.17. The van der Waals surface area contributed by atoms with Crippen LogP contribution in [0.4, 0.5) is 0 Å². The van der Waals surface area contributed by atoms with E-state index in [4.69, 9.17) is 17.3 Å². The van der Waals surface area contributed by atoms with Crippen molar-refractivity contribution >= 4 is 11.6 Å². The molecule has 0 aliphatic heterocycles. The number of nitrogens with two attached hydrogens (primary N) is 1. The fourth-order valence-corrected chi connectivity index (χ4v) is 2.50. The van der Waals surface area contributed by atoms with E-state index in [1.54, 1.807) is 0 Å². The Hall–Kier alpha value is -1.31. The first-order valence-electron chi connectivity index (χ1n) is 6.69. The highest BCUT2D eigenvalue weighted by Gasteiger charge is 2.07. The normalized spacial score (nSPS) is 12.4. The summed E-state index contributed by atoms with van der Waals surface area (Å²) < 4.78 is 0. The van der Waals surface area contributed by atoms with Gasteiger partial charge in [0, 0.05) is 5.02 Å². The van der Waals surface area contributed by atoms with Gasteiger partial charge in [-0.3, -0.25) is 0 Å². The number of rotatable bonds is 4. The van der Waals surface area contributed by atoms with Gasteiger partial charge >= 0.3 is 0 Å². The van der Waals surface area contributed by atoms with Crippen molar-refractivity contribution in [2.24, 2.45) is 5.73 Å². The van der Waals surface area contributed by atoms with Crippen LogP contribution in [-0.4, -0.2) is 6.54 Å². The third kappa shape index (κ3) is 3.17. The van der Waals surface area contributed by atoms with Crippen LogP contribution in [0.3, 0.4) is 0 Å². The Morgan fingerprint density at radius 3 is 2.42 bits per heavy atom. The maximum Gasteiger partial charge on any atom is 0.0441 e. The minimum absolute atomic E-state index is 0.513. The van der Waals surface area contributed by atoms with Crippen molar-refractivity contribution in [2.45, 2.75) is 26.2 Å². The minimum Gasteiger partial charge on any atom is -0.330 e. The minimum atomic E-state index is 0.513. The summed E-state index contributed by atoms with van der Waals surface area (Å²) in [5, 5.41) is 0.818. The van der Waals surface area contributed by atoms with E-state index in [9.17, 15) is 0 Å². The molecule has 2 rings (SSSR count). The van der Waals surface area contributed by atoms with Gasteiger partial charge in [0.25, 0.3) is 0 Å². The van der Waals surface area contributed by atoms with E-state index >= 15 is 0 Å². The fraction of sp³-hybridized carbons (Fsp3) is 0.294. The topological polar surface area (TPSA) is 26.0 Å². The summed E-state index contributed by atoms with van der Waals surface area (Å²) in [5.74, 6) is 0.513. The summed E-state index contributed by atoms with van der Waals surface area (Å²) in [4.78, 5) is 0. The summed E-state index contributed by atoms with van der Waals surface area (Å²) in [6.45, 7) is 5.01. The van der Waals surface area contributed by atoms with Crippen LogP contribution in [0.25, 0.3) is 11.1 Å². The van der Waals surface area contributed by atoms with E-state index < -0.39 is 0 Å². The smallest absolute Gasteiger partial charge is 0.0441 e. The lowest BCUT2D eigenvalue weighted by atomic mass is 9.94. The second kappa shape index (κ2) is 6.23. The fourth-order valence-electron chi connectivity index (χ4n) is 2.33. The zero-order valence-corrected chi connectivity index (χ0v) is 12.2. The van der Waals surface area contributed by atoms with Crippen molar-refractivity contribution in [3.63, 3.8) is 0 Å². The molecule has 0 aliphatic carbocycles. The summed E-state index contributed by atoms with van der Waals surface area (Å²) >= 11 is 6.17. The van der Waals surface area contributed by atoms with Crippen molar-refractivity contribution in [3.05, 3.63) is 58.6 Å². The molecule has 100 valence electrons. The molecule has 0 heterocycles. The van der Waals surface area contributed by atoms with Crippen LogP contribution in [0.15, 0.2) is 42.5 Å². The van der Waals surface area contributed by atoms with Crippen LogP contribution < -0.4 is 5.73 Å². The van der Waals surface area contributed by atoms with Crippen LogP contribution in [0.2, 0.25) is 5.02 Å². The Morgan fingerprint density at radius 2 is 1.79 bits per heavy atom. The molecule has 19 heavy (non-hydrogen) atoms. The number of halogens is 1. The predicted molar refractivity (Wildman–Crippen MR) is 83.7 cm³/mol. The van der Waals surface area contributed by atoms with Crippen LogP contribution in [0, 0.1) is 6.92 Å². The molecule has 2 N–H and O–H groups in total. The zero-order valence-electron chi connectivity index (χ0n) is 11.5. The van der Waals surface area contributed by atoms with E-state index in [2.05, 4.69) is 44.2 Å². The first kappa shape index (κ1) is 14.1. The van der Waals surface area contributed by atoms with Gasteiger partial charge in [-0.2, -0.15) is 0 Å². The molecule has 1 atom stereocenters. The van der Waals surface area contributed by atoms with Crippen LogP contribution >= 0.6 is 11.6 Å². The van der Waals surface area contributed by atoms with Gasteiger partial charge in [-0.1, -0.05) is 54.9 Å². The van der Waals surface area contributed by atoms with Gasteiger partial charge in [-0.05, 0) is 54.1 Å². The van der Waals surface area contributed by atoms with E-state index in [0.29, 0.717) is 5.92 Å². The Bertz CT molecular complexity index is 546. The van der Waals surface area contributed by atoms with E-state index in [0.717, 1.165) is 23.6 Å². The van der Waals surface area contributed by atoms with Crippen molar-refractivity contribution in [1.82, 2.24) is 0 Å². The summed E-state index contributed by atoms with van der Waals surface area (Å²) in [7, 11) is 0. The number of hydrogen-bond acceptors (Lipinski definition) is 1. The van der Waals surface area contributed by atoms with E-state index in [-0.39, 0.29) is 0 Å². The summed E-state index contributed by atoms with van der Waals surface area (Å²) in [6.07, 6.45) is 1.02. The number of hydrogen-bond donors (Lipinski definition) is 1. The molecule has 2 heteroatoms. The van der Waals surface area contributed by atoms with E-state index in [1.165, 1.54) is 16.7 Å². The molecule has 2 aromatic carbocycles. The van der Waals surface area contributed by atoms with Gasteiger partial charge in [-0.15, -0.1) is 0 Å². The quantitative estimate of drug-likeness (QED) is 0.853. The van der Waals surface area contributed by atoms with Crippen LogP contribution in [-0.2, 0) is 0 Å². The molecule has 0 aliphatic rings. The third-order valence-corrected chi connectivity index (χ3v) is 4.07. The van der Waals surface area contributed by atoms with Crippen LogP contribution in [0.1, 0.15) is 30.4 Å². The predicted octanol–water partition coefficient (Wildman–Crippen LogP) is 4.77. The molecule has 1 unspecified atom stereocenters. The molecule has 2 aromatic rings. The molecule has 0 saturated heterocycles. The Labute approximate surface area is 120 Å². The van der Waals surface area contributed by atoms with Crippen LogP contribution in [0.5, 0.6) is 0 Å². The van der Waals surface area contributed by atoms with Crippen molar-refractivity contribution in [1.29, 1.82) is 0 Å². The largest absolute Gasteiger partial charge is 0.330 e. The average Bonchev–Trinajstić information content (AvgIpc) is 2.42. The Morgan fingerprint density at radius 1 is 1.11 bits per heavy atom. The first-order valence-corrected chi connectivity index (χ1v) is 7.06. The van der Waals surface area contributed by atoms with Gasteiger partial charge in [0.05, 0.1) is 0 Å². The Kier molecular flexibility index (Phi) is 4.62. The molecule has 0 spiro atoms. The lowest BCUT2D eigenvalue weighted by molar-refractivity contribution is 0.690. The molecule has 0 amide bonds. The maximum absolute atomic E-state index is 6.17. The summed E-state index contributed by atoms with van der Waals surface area (Å²) in [6, 6.07) is 14.8. The highest BCUT2D eigenvalue weighted by atomic mass is 35.5. The summed E-state index contributed by atoms with van der Waals surface area (Å²) in [5.41, 5.74) is 10.5. The molecule has 1 nitrogen and oxygen atoms in total. The highest BCUT2D eigenvalue weighted by Crippen LogP contribution is 2.29. The van der Waals surface area contributed by atoms with Gasteiger partial charge < -0.3 is 5.73 Å². The highest BCUT2D eigenvalue weighted by molar-refractivity contribution is 6.31. The molecule has 0 bridgehead atoms. The standard InChI is InChI=1S/C17H20ClN/c1-12(10-11-19)14-6-8-15(9-7-14)16-4-3-5-17(18)13(16)2/h3-9,12H,10-11,19H2,1-2H3. The first-order chi connectivity index (χ1) is 9.13. The molecule has 0 aromatic heterocycles. The SMILES string of the molecule is Cc1c(Cl)cccc1-c1ccc(C(C)CCN)cc1. The lowest BCUT2D eigenvalue weighted by Crippen LogP contribution is -2.04. The third-order valence-electron chi connectivity index (χ3n) is 3.66. The molecule has 0 radical (unpaired) electrons. The number of benzene rings is 2. The zero-order chi connectivity index (χ0) is 13.8. The average molecular weight is 274 g/mol. The lowest BCUT2D eigenvalue weighted by Gasteiger charge is -2.12. The second-order valence-electron chi connectivity index (χ2n) is 5.01. The second-order valence-corrected chi connectivity index (χ2v) is 5.42. The van der Waals surface area contributed by atoms with Gasteiger partial charge in [0.15, 0.2) is 0 Å². The van der Waals surface area contributed by atoms with Crippen molar-refractivity contribution in [3.8, 4) is 11.1 Å². The van der Waals surface area contributed by atoms with Gasteiger partial charge in [0.2, 0.25) is 0 Å². The van der Waals surface area contributed by atoms with Gasteiger partial charge in [-0.25, -0.2) is 0 Å².